The van der Waals surface area contributed by atoms with Gasteiger partial charge < -0.3 is 5.32 Å². The fourth-order valence-corrected chi connectivity index (χ4v) is 2.57. The van der Waals surface area contributed by atoms with E-state index in [1.165, 1.54) is 37.7 Å². The molecule has 0 amide bonds. The van der Waals surface area contributed by atoms with Crippen LogP contribution in [0.15, 0.2) is 24.0 Å². The van der Waals surface area contributed by atoms with E-state index in [-0.39, 0.29) is 6.04 Å². The summed E-state index contributed by atoms with van der Waals surface area (Å²) in [5.74, 6) is 0. The van der Waals surface area contributed by atoms with Crippen molar-refractivity contribution < 1.29 is 0 Å². The molecule has 1 unspecified atom stereocenters. The van der Waals surface area contributed by atoms with Crippen molar-refractivity contribution in [1.29, 1.82) is 0 Å². The summed E-state index contributed by atoms with van der Waals surface area (Å²) in [4.78, 5) is 8.97. The zero-order valence-electron chi connectivity index (χ0n) is 12.2. The molecule has 0 saturated heterocycles. The van der Waals surface area contributed by atoms with Gasteiger partial charge in [-0.05, 0) is 45.6 Å². The molecule has 0 radical (unpaired) electrons. The van der Waals surface area contributed by atoms with E-state index in [1.807, 2.05) is 19.3 Å². The highest BCUT2D eigenvalue weighted by atomic mass is 15.0. The Morgan fingerprint density at radius 1 is 1.21 bits per heavy atom. The molecule has 1 aromatic rings. The molecule has 3 nitrogen and oxygen atoms in total. The van der Waals surface area contributed by atoms with Gasteiger partial charge in [-0.2, -0.15) is 0 Å². The Morgan fingerprint density at radius 3 is 2.84 bits per heavy atom. The predicted octanol–water partition coefficient (Wildman–Crippen LogP) is 3.72. The molecule has 1 aliphatic rings. The third kappa shape index (κ3) is 4.13. The molecule has 0 aliphatic heterocycles. The summed E-state index contributed by atoms with van der Waals surface area (Å²) < 4.78 is 0. The number of hydrogen-bond donors (Lipinski definition) is 1. The molecule has 0 aromatic carbocycles. The van der Waals surface area contributed by atoms with Gasteiger partial charge in [0.1, 0.15) is 0 Å². The second kappa shape index (κ2) is 7.39. The Labute approximate surface area is 116 Å². The van der Waals surface area contributed by atoms with Crippen molar-refractivity contribution in [3.05, 3.63) is 35.4 Å². The van der Waals surface area contributed by atoms with E-state index < -0.39 is 0 Å². The van der Waals surface area contributed by atoms with Gasteiger partial charge in [-0.25, -0.2) is 0 Å². The van der Waals surface area contributed by atoms with Crippen LogP contribution in [0.1, 0.15) is 62.9 Å². The SMILES string of the molecule is CCCNC(C1=CCCCCC1)c1cnc(C)cn1. The van der Waals surface area contributed by atoms with Crippen LogP contribution in [0, 0.1) is 6.92 Å². The summed E-state index contributed by atoms with van der Waals surface area (Å²) in [6.07, 6.45) is 13.7. The highest BCUT2D eigenvalue weighted by Crippen LogP contribution is 2.28. The molecule has 1 atom stereocenters. The Hall–Kier alpha value is -1.22. The summed E-state index contributed by atoms with van der Waals surface area (Å²) in [6, 6.07) is 0.256. The van der Waals surface area contributed by atoms with Gasteiger partial charge in [0.15, 0.2) is 0 Å². The second-order valence-corrected chi connectivity index (χ2v) is 5.35. The van der Waals surface area contributed by atoms with Crippen LogP contribution in [0.4, 0.5) is 0 Å². The van der Waals surface area contributed by atoms with E-state index in [0.29, 0.717) is 0 Å². The van der Waals surface area contributed by atoms with Gasteiger partial charge in [0.25, 0.3) is 0 Å². The third-order valence-electron chi connectivity index (χ3n) is 3.64. The molecule has 0 fully saturated rings. The summed E-state index contributed by atoms with van der Waals surface area (Å²) in [7, 11) is 0. The first kappa shape index (κ1) is 14.2. The maximum Gasteiger partial charge on any atom is 0.0798 e. The molecule has 0 spiro atoms. The largest absolute Gasteiger partial charge is 0.305 e. The van der Waals surface area contributed by atoms with Crippen molar-refractivity contribution in [2.75, 3.05) is 6.54 Å². The zero-order valence-corrected chi connectivity index (χ0v) is 12.2. The van der Waals surface area contributed by atoms with Gasteiger partial charge in [-0.15, -0.1) is 0 Å². The van der Waals surface area contributed by atoms with Crippen molar-refractivity contribution in [2.45, 2.75) is 58.4 Å². The molecule has 1 aromatic heterocycles. The lowest BCUT2D eigenvalue weighted by molar-refractivity contribution is 0.554. The molecule has 2 rings (SSSR count). The molecule has 0 saturated carbocycles. The molecule has 19 heavy (non-hydrogen) atoms. The van der Waals surface area contributed by atoms with E-state index in [2.05, 4.69) is 28.3 Å². The van der Waals surface area contributed by atoms with Crippen LogP contribution in [-0.2, 0) is 0 Å². The van der Waals surface area contributed by atoms with Crippen LogP contribution in [-0.4, -0.2) is 16.5 Å². The van der Waals surface area contributed by atoms with E-state index >= 15 is 0 Å². The lowest BCUT2D eigenvalue weighted by Gasteiger charge is -2.21. The smallest absolute Gasteiger partial charge is 0.0798 e. The number of hydrogen-bond acceptors (Lipinski definition) is 3. The fraction of sp³-hybridized carbons (Fsp3) is 0.625. The van der Waals surface area contributed by atoms with Gasteiger partial charge >= 0.3 is 0 Å². The van der Waals surface area contributed by atoms with E-state index in [1.54, 1.807) is 0 Å². The van der Waals surface area contributed by atoms with Crippen LogP contribution in [0.2, 0.25) is 0 Å². The molecule has 0 bridgehead atoms. The second-order valence-electron chi connectivity index (χ2n) is 5.35. The van der Waals surface area contributed by atoms with Crippen LogP contribution < -0.4 is 5.32 Å². The first-order chi connectivity index (χ1) is 9.31. The quantitative estimate of drug-likeness (QED) is 0.819. The van der Waals surface area contributed by atoms with Crippen molar-refractivity contribution in [1.82, 2.24) is 15.3 Å². The molecular formula is C16H25N3. The summed E-state index contributed by atoms with van der Waals surface area (Å²) >= 11 is 0. The Kier molecular flexibility index (Phi) is 5.52. The Morgan fingerprint density at radius 2 is 2.11 bits per heavy atom. The van der Waals surface area contributed by atoms with Crippen LogP contribution >= 0.6 is 0 Å². The average Bonchev–Trinajstić information content (AvgIpc) is 2.70. The lowest BCUT2D eigenvalue weighted by atomic mass is 9.99. The summed E-state index contributed by atoms with van der Waals surface area (Å²) in [5.41, 5.74) is 3.55. The Bertz CT molecular complexity index is 409. The van der Waals surface area contributed by atoms with E-state index in [9.17, 15) is 0 Å². The van der Waals surface area contributed by atoms with Crippen molar-refractivity contribution in [3.63, 3.8) is 0 Å². The molecule has 1 aliphatic carbocycles. The number of aryl methyl sites for hydroxylation is 1. The number of allylic oxidation sites excluding steroid dienone is 1. The minimum absolute atomic E-state index is 0.256. The molecule has 1 N–H and O–H groups in total. The van der Waals surface area contributed by atoms with Crippen LogP contribution in [0.5, 0.6) is 0 Å². The number of rotatable bonds is 5. The number of nitrogens with one attached hydrogen (secondary N) is 1. The lowest BCUT2D eigenvalue weighted by Crippen LogP contribution is -2.25. The fourth-order valence-electron chi connectivity index (χ4n) is 2.57. The maximum absolute atomic E-state index is 4.57. The summed E-state index contributed by atoms with van der Waals surface area (Å²) in [6.45, 7) is 5.21. The highest BCUT2D eigenvalue weighted by molar-refractivity contribution is 5.22. The van der Waals surface area contributed by atoms with Gasteiger partial charge in [0.05, 0.1) is 23.6 Å². The minimum atomic E-state index is 0.256. The maximum atomic E-state index is 4.57. The first-order valence-electron chi connectivity index (χ1n) is 7.52. The predicted molar refractivity (Wildman–Crippen MR) is 79.0 cm³/mol. The zero-order chi connectivity index (χ0) is 13.5. The standard InChI is InChI=1S/C16H25N3/c1-3-10-17-16(14-8-6-4-5-7-9-14)15-12-18-13(2)11-19-15/h8,11-12,16-17H,3-7,9-10H2,1-2H3. The summed E-state index contributed by atoms with van der Waals surface area (Å²) in [5, 5.41) is 3.63. The van der Waals surface area contributed by atoms with Gasteiger partial charge in [0, 0.05) is 6.20 Å². The normalized spacial score (nSPS) is 17.7. The Balaban J connectivity index is 2.18. The van der Waals surface area contributed by atoms with Crippen LogP contribution in [0.3, 0.4) is 0 Å². The molecule has 1 heterocycles. The highest BCUT2D eigenvalue weighted by Gasteiger charge is 2.18. The van der Waals surface area contributed by atoms with Gasteiger partial charge in [0.2, 0.25) is 0 Å². The van der Waals surface area contributed by atoms with E-state index in [4.69, 9.17) is 0 Å². The van der Waals surface area contributed by atoms with Gasteiger partial charge in [-0.3, -0.25) is 9.97 Å². The molecule has 3 heteroatoms. The average molecular weight is 259 g/mol. The number of nitrogens with zero attached hydrogens (tertiary/aromatic N) is 2. The van der Waals surface area contributed by atoms with Crippen LogP contribution in [0.25, 0.3) is 0 Å². The van der Waals surface area contributed by atoms with E-state index in [0.717, 1.165) is 24.4 Å². The third-order valence-corrected chi connectivity index (χ3v) is 3.64. The van der Waals surface area contributed by atoms with Crippen molar-refractivity contribution >= 4 is 0 Å². The minimum Gasteiger partial charge on any atom is -0.305 e. The monoisotopic (exact) mass is 259 g/mol. The van der Waals surface area contributed by atoms with Crippen molar-refractivity contribution in [3.8, 4) is 0 Å². The molecule has 104 valence electrons. The first-order valence-corrected chi connectivity index (χ1v) is 7.52. The molecular weight excluding hydrogens is 234 g/mol. The van der Waals surface area contributed by atoms with Crippen molar-refractivity contribution in [2.24, 2.45) is 0 Å². The number of aromatic nitrogens is 2. The van der Waals surface area contributed by atoms with Gasteiger partial charge in [-0.1, -0.05) is 25.0 Å². The topological polar surface area (TPSA) is 37.8 Å².